The summed E-state index contributed by atoms with van der Waals surface area (Å²) in [5, 5.41) is 26.4. The molecule has 0 fully saturated rings. The predicted molar refractivity (Wildman–Crippen MR) is 72.7 cm³/mol. The summed E-state index contributed by atoms with van der Waals surface area (Å²) in [5.74, 6) is -0.826. The van der Waals surface area contributed by atoms with Crippen molar-refractivity contribution in [2.24, 2.45) is 5.73 Å². The fourth-order valence-corrected chi connectivity index (χ4v) is 1.87. The van der Waals surface area contributed by atoms with Gasteiger partial charge in [0.2, 0.25) is 0 Å². The lowest BCUT2D eigenvalue weighted by molar-refractivity contribution is -0.137. The van der Waals surface area contributed by atoms with Crippen molar-refractivity contribution in [2.45, 2.75) is 25.9 Å². The molecule has 7 heteroatoms. The van der Waals surface area contributed by atoms with E-state index in [1.54, 1.807) is 0 Å². The Bertz CT molecular complexity index is 233. The number of aliphatic hydroxyl groups is 2. The molecule has 0 aromatic carbocycles. The molecule has 0 saturated carbocycles. The van der Waals surface area contributed by atoms with Crippen LogP contribution in [0.25, 0.3) is 0 Å². The van der Waals surface area contributed by atoms with Gasteiger partial charge in [0.15, 0.2) is 0 Å². The van der Waals surface area contributed by atoms with Crippen LogP contribution in [-0.2, 0) is 4.79 Å². The van der Waals surface area contributed by atoms with E-state index in [4.69, 9.17) is 21.1 Å². The van der Waals surface area contributed by atoms with Gasteiger partial charge in [-0.05, 0) is 19.9 Å². The zero-order valence-corrected chi connectivity index (χ0v) is 11.7. The van der Waals surface area contributed by atoms with Gasteiger partial charge in [-0.1, -0.05) is 0 Å². The van der Waals surface area contributed by atoms with E-state index in [9.17, 15) is 4.79 Å². The van der Waals surface area contributed by atoms with Gasteiger partial charge in [-0.25, -0.2) is 0 Å². The van der Waals surface area contributed by atoms with Crippen molar-refractivity contribution in [1.29, 1.82) is 0 Å². The highest BCUT2D eigenvalue weighted by molar-refractivity contribution is 5.66. The first-order valence-electron chi connectivity index (χ1n) is 6.66. The Morgan fingerprint density at radius 3 is 2.11 bits per heavy atom. The quantitative estimate of drug-likeness (QED) is 0.330. The lowest BCUT2D eigenvalue weighted by Gasteiger charge is -2.27. The molecular weight excluding hydrogens is 250 g/mol. The van der Waals surface area contributed by atoms with Crippen LogP contribution < -0.4 is 5.73 Å². The highest BCUT2D eigenvalue weighted by atomic mass is 16.4. The highest BCUT2D eigenvalue weighted by Gasteiger charge is 2.12. The zero-order valence-electron chi connectivity index (χ0n) is 11.7. The highest BCUT2D eigenvalue weighted by Crippen LogP contribution is 2.00. The van der Waals surface area contributed by atoms with Gasteiger partial charge in [-0.2, -0.15) is 0 Å². The molecule has 7 nitrogen and oxygen atoms in total. The van der Waals surface area contributed by atoms with Crippen LogP contribution in [0.2, 0.25) is 0 Å². The van der Waals surface area contributed by atoms with Gasteiger partial charge >= 0.3 is 5.97 Å². The molecule has 0 aromatic heterocycles. The Hall–Kier alpha value is -0.730. The smallest absolute Gasteiger partial charge is 0.304 e. The van der Waals surface area contributed by atoms with Crippen molar-refractivity contribution < 1.29 is 20.1 Å². The van der Waals surface area contributed by atoms with E-state index < -0.39 is 5.97 Å². The molecule has 0 radical (unpaired) electrons. The van der Waals surface area contributed by atoms with Crippen molar-refractivity contribution in [3.8, 4) is 0 Å². The van der Waals surface area contributed by atoms with E-state index in [0.29, 0.717) is 26.2 Å². The molecule has 0 aliphatic heterocycles. The molecule has 0 aliphatic carbocycles. The molecule has 19 heavy (non-hydrogen) atoms. The van der Waals surface area contributed by atoms with Crippen molar-refractivity contribution >= 4 is 5.97 Å². The lowest BCUT2D eigenvalue weighted by atomic mass is 10.3. The van der Waals surface area contributed by atoms with Crippen LogP contribution in [0.4, 0.5) is 0 Å². The van der Waals surface area contributed by atoms with Crippen LogP contribution in [0.5, 0.6) is 0 Å². The van der Waals surface area contributed by atoms with Crippen LogP contribution in [-0.4, -0.2) is 83.2 Å². The number of rotatable bonds is 12. The summed E-state index contributed by atoms with van der Waals surface area (Å²) in [6.07, 6.45) is 0.725. The molecule has 0 saturated heterocycles. The van der Waals surface area contributed by atoms with Crippen molar-refractivity contribution in [3.05, 3.63) is 0 Å². The second-order valence-corrected chi connectivity index (χ2v) is 4.56. The van der Waals surface area contributed by atoms with Gasteiger partial charge in [0.25, 0.3) is 0 Å². The average molecular weight is 277 g/mol. The summed E-state index contributed by atoms with van der Waals surface area (Å²) in [6.45, 7) is 4.93. The Morgan fingerprint density at radius 1 is 1.11 bits per heavy atom. The minimum absolute atomic E-state index is 0.0655. The number of hydrogen-bond acceptors (Lipinski definition) is 6. The number of nitrogens with two attached hydrogens (primary N) is 1. The number of carbonyl (C=O) groups is 1. The van der Waals surface area contributed by atoms with Crippen LogP contribution >= 0.6 is 0 Å². The predicted octanol–water partition coefficient (Wildman–Crippen LogP) is -1.26. The van der Waals surface area contributed by atoms with Gasteiger partial charge in [0.05, 0.1) is 25.8 Å². The standard InChI is InChI=1S/C12H27N3O4/c1-11(13)15(6-3-12(18)19)5-2-4-14(7-9-16)8-10-17/h11,16-17H,2-10,13H2,1H3,(H,18,19). The van der Waals surface area contributed by atoms with Gasteiger partial charge < -0.3 is 21.1 Å². The van der Waals surface area contributed by atoms with Crippen molar-refractivity contribution in [3.63, 3.8) is 0 Å². The summed E-state index contributed by atoms with van der Waals surface area (Å²) in [4.78, 5) is 14.4. The topological polar surface area (TPSA) is 110 Å². The molecule has 0 rings (SSSR count). The monoisotopic (exact) mass is 277 g/mol. The third-order valence-electron chi connectivity index (χ3n) is 2.94. The molecule has 1 atom stereocenters. The molecule has 0 amide bonds. The number of aliphatic hydroxyl groups excluding tert-OH is 2. The van der Waals surface area contributed by atoms with Crippen molar-refractivity contribution in [2.75, 3.05) is 45.9 Å². The first kappa shape index (κ1) is 18.3. The Balaban J connectivity index is 3.98. The molecule has 0 aromatic rings. The van der Waals surface area contributed by atoms with E-state index in [1.165, 1.54) is 0 Å². The van der Waals surface area contributed by atoms with Crippen molar-refractivity contribution in [1.82, 2.24) is 9.80 Å². The first-order chi connectivity index (χ1) is 9.01. The Morgan fingerprint density at radius 2 is 1.68 bits per heavy atom. The molecular formula is C12H27N3O4. The second-order valence-electron chi connectivity index (χ2n) is 4.56. The van der Waals surface area contributed by atoms with E-state index in [1.807, 2.05) is 16.7 Å². The maximum absolute atomic E-state index is 10.5. The molecule has 0 aliphatic rings. The summed E-state index contributed by atoms with van der Waals surface area (Å²) in [5.41, 5.74) is 5.80. The number of aliphatic carboxylic acids is 1. The molecule has 1 unspecified atom stereocenters. The summed E-state index contributed by atoms with van der Waals surface area (Å²) >= 11 is 0. The SMILES string of the molecule is CC(N)N(CCCN(CCO)CCO)CCC(=O)O. The fourth-order valence-electron chi connectivity index (χ4n) is 1.87. The van der Waals surface area contributed by atoms with E-state index in [2.05, 4.69) is 0 Å². The minimum atomic E-state index is -0.826. The maximum Gasteiger partial charge on any atom is 0.304 e. The molecule has 0 bridgehead atoms. The Labute approximate surface area is 114 Å². The maximum atomic E-state index is 10.5. The molecule has 0 heterocycles. The van der Waals surface area contributed by atoms with E-state index >= 15 is 0 Å². The zero-order chi connectivity index (χ0) is 14.7. The normalized spacial score (nSPS) is 13.2. The van der Waals surface area contributed by atoms with Crippen LogP contribution in [0.1, 0.15) is 19.8 Å². The summed E-state index contributed by atoms with van der Waals surface area (Å²) in [7, 11) is 0. The van der Waals surface area contributed by atoms with Crippen LogP contribution in [0, 0.1) is 0 Å². The van der Waals surface area contributed by atoms with E-state index in [-0.39, 0.29) is 25.8 Å². The van der Waals surface area contributed by atoms with Crippen LogP contribution in [0.15, 0.2) is 0 Å². The largest absolute Gasteiger partial charge is 0.481 e. The summed E-state index contributed by atoms with van der Waals surface area (Å²) in [6, 6.07) is 0. The lowest BCUT2D eigenvalue weighted by Crippen LogP contribution is -2.42. The van der Waals surface area contributed by atoms with Gasteiger partial charge in [-0.3, -0.25) is 14.6 Å². The Kier molecular flexibility index (Phi) is 10.7. The first-order valence-corrected chi connectivity index (χ1v) is 6.66. The third kappa shape index (κ3) is 9.80. The molecule has 114 valence electrons. The number of nitrogens with zero attached hydrogens (tertiary/aromatic N) is 2. The van der Waals surface area contributed by atoms with E-state index in [0.717, 1.165) is 13.0 Å². The number of carboxylic acids is 1. The van der Waals surface area contributed by atoms with Gasteiger partial charge in [-0.15, -0.1) is 0 Å². The van der Waals surface area contributed by atoms with Crippen LogP contribution in [0.3, 0.4) is 0 Å². The van der Waals surface area contributed by atoms with Gasteiger partial charge in [0, 0.05) is 26.2 Å². The third-order valence-corrected chi connectivity index (χ3v) is 2.94. The molecule has 5 N–H and O–H groups in total. The summed E-state index contributed by atoms with van der Waals surface area (Å²) < 4.78 is 0. The molecule has 0 spiro atoms. The number of hydrogen-bond donors (Lipinski definition) is 4. The second kappa shape index (κ2) is 11.1. The van der Waals surface area contributed by atoms with Gasteiger partial charge in [0.1, 0.15) is 0 Å². The fraction of sp³-hybridized carbons (Fsp3) is 0.917. The minimum Gasteiger partial charge on any atom is -0.481 e. The average Bonchev–Trinajstić information content (AvgIpc) is 2.33. The number of carboxylic acid groups (broad SMARTS) is 1.